The third-order valence-electron chi connectivity index (χ3n) is 4.89. The number of carbonyl (C=O) groups is 1. The van der Waals surface area contributed by atoms with Crippen molar-refractivity contribution in [2.24, 2.45) is 0 Å². The number of nitrogens with zero attached hydrogens (tertiary/aromatic N) is 2. The number of ether oxygens (including phenoxy) is 2. The highest BCUT2D eigenvalue weighted by Gasteiger charge is 2.27. The summed E-state index contributed by atoms with van der Waals surface area (Å²) in [4.78, 5) is 18.7. The van der Waals surface area contributed by atoms with Gasteiger partial charge in [0.15, 0.2) is 5.82 Å². The van der Waals surface area contributed by atoms with E-state index in [1.54, 1.807) is 19.1 Å². The minimum atomic E-state index is -0.275. The second-order valence-corrected chi connectivity index (χ2v) is 8.13. The molecule has 0 bridgehead atoms. The summed E-state index contributed by atoms with van der Waals surface area (Å²) in [5, 5.41) is 7.62. The lowest BCUT2D eigenvalue weighted by atomic mass is 10.1. The molecule has 156 valence electrons. The van der Waals surface area contributed by atoms with Gasteiger partial charge in [0.1, 0.15) is 16.5 Å². The third kappa shape index (κ3) is 3.95. The molecule has 3 heterocycles. The predicted molar refractivity (Wildman–Crippen MR) is 117 cm³/mol. The molecule has 1 aliphatic rings. The summed E-state index contributed by atoms with van der Waals surface area (Å²) in [6.07, 6.45) is 0.728. The number of aromatic nitrogens is 2. The fourth-order valence-corrected chi connectivity index (χ4v) is 4.65. The Morgan fingerprint density at radius 1 is 1.13 bits per heavy atom. The maximum absolute atomic E-state index is 13.2. The number of benzene rings is 2. The zero-order valence-electron chi connectivity index (χ0n) is 16.8. The molecule has 2 aromatic carbocycles. The molecule has 1 amide bonds. The summed E-state index contributed by atoms with van der Waals surface area (Å²) in [5.74, 6) is 1.81. The quantitative estimate of drug-likeness (QED) is 0.464. The Hall–Kier alpha value is -3.49. The Balaban J connectivity index is 1.49. The normalized spacial score (nSPS) is 12.9. The number of carbonyl (C=O) groups excluding carboxylic acids is 1. The minimum Gasteiger partial charge on any atom is -0.457 e. The lowest BCUT2D eigenvalue weighted by Gasteiger charge is -2.12. The van der Waals surface area contributed by atoms with Crippen LogP contribution in [0.4, 0.5) is 5.00 Å². The number of amides is 1. The molecule has 0 radical (unpaired) electrons. The second kappa shape index (κ2) is 8.33. The molecule has 7 nitrogen and oxygen atoms in total. The average Bonchev–Trinajstić information content (AvgIpc) is 3.37. The van der Waals surface area contributed by atoms with Crippen LogP contribution >= 0.6 is 11.3 Å². The van der Waals surface area contributed by atoms with E-state index in [0.29, 0.717) is 47.0 Å². The molecule has 2 aromatic heterocycles. The van der Waals surface area contributed by atoms with Gasteiger partial charge in [0.05, 0.1) is 24.3 Å². The van der Waals surface area contributed by atoms with Gasteiger partial charge < -0.3 is 19.3 Å². The molecule has 0 aliphatic carbocycles. The van der Waals surface area contributed by atoms with Crippen molar-refractivity contribution < 1.29 is 18.8 Å². The van der Waals surface area contributed by atoms with Crippen LogP contribution in [0.5, 0.6) is 11.5 Å². The molecule has 4 aromatic rings. The number of hydrogen-bond acceptors (Lipinski definition) is 7. The van der Waals surface area contributed by atoms with Crippen LogP contribution in [0.1, 0.15) is 26.6 Å². The SMILES string of the molecule is Cc1noc(-c2c(NC(=O)c3ccccc3Oc3ccccc3)sc3c2CCOC3)n1. The van der Waals surface area contributed by atoms with E-state index in [4.69, 9.17) is 14.0 Å². The molecule has 0 fully saturated rings. The minimum absolute atomic E-state index is 0.275. The van der Waals surface area contributed by atoms with Crippen molar-refractivity contribution in [3.05, 3.63) is 76.4 Å². The van der Waals surface area contributed by atoms with Crippen molar-refractivity contribution >= 4 is 22.2 Å². The van der Waals surface area contributed by atoms with Crippen molar-refractivity contribution in [1.82, 2.24) is 10.1 Å². The van der Waals surface area contributed by atoms with E-state index in [1.807, 2.05) is 42.5 Å². The fraction of sp³-hybridized carbons (Fsp3) is 0.174. The number of nitrogens with one attached hydrogen (secondary N) is 1. The van der Waals surface area contributed by atoms with Crippen LogP contribution in [-0.2, 0) is 17.8 Å². The summed E-state index contributed by atoms with van der Waals surface area (Å²) >= 11 is 1.47. The number of fused-ring (bicyclic) bond motifs is 1. The van der Waals surface area contributed by atoms with E-state index in [0.717, 1.165) is 22.4 Å². The Morgan fingerprint density at radius 3 is 2.74 bits per heavy atom. The molecule has 0 spiro atoms. The molecule has 0 unspecified atom stereocenters. The first-order valence-corrected chi connectivity index (χ1v) is 10.7. The van der Waals surface area contributed by atoms with Gasteiger partial charge in [-0.3, -0.25) is 4.79 Å². The molecule has 0 atom stereocenters. The molecule has 0 saturated heterocycles. The van der Waals surface area contributed by atoms with Crippen LogP contribution in [0.15, 0.2) is 59.1 Å². The molecule has 1 N–H and O–H groups in total. The van der Waals surface area contributed by atoms with Crippen LogP contribution in [0.2, 0.25) is 0 Å². The monoisotopic (exact) mass is 433 g/mol. The predicted octanol–water partition coefficient (Wildman–Crippen LogP) is 5.22. The number of para-hydroxylation sites is 2. The first-order chi connectivity index (χ1) is 15.2. The van der Waals surface area contributed by atoms with Gasteiger partial charge in [-0.2, -0.15) is 4.98 Å². The van der Waals surface area contributed by atoms with Crippen LogP contribution in [0, 0.1) is 6.92 Å². The summed E-state index contributed by atoms with van der Waals surface area (Å²) in [5.41, 5.74) is 2.30. The topological polar surface area (TPSA) is 86.5 Å². The highest BCUT2D eigenvalue weighted by atomic mass is 32.1. The summed E-state index contributed by atoms with van der Waals surface area (Å²) < 4.78 is 17.0. The number of rotatable bonds is 5. The van der Waals surface area contributed by atoms with Gasteiger partial charge in [-0.1, -0.05) is 35.5 Å². The number of hydrogen-bond donors (Lipinski definition) is 1. The van der Waals surface area contributed by atoms with Crippen LogP contribution in [0.25, 0.3) is 11.5 Å². The zero-order valence-corrected chi connectivity index (χ0v) is 17.6. The number of anilines is 1. The van der Waals surface area contributed by atoms with E-state index in [1.165, 1.54) is 11.3 Å². The zero-order chi connectivity index (χ0) is 21.2. The van der Waals surface area contributed by atoms with E-state index < -0.39 is 0 Å². The Kier molecular flexibility index (Phi) is 5.23. The average molecular weight is 433 g/mol. The molecule has 5 rings (SSSR count). The van der Waals surface area contributed by atoms with Crippen LogP contribution in [-0.4, -0.2) is 22.7 Å². The van der Waals surface area contributed by atoms with Gasteiger partial charge in [0.2, 0.25) is 0 Å². The van der Waals surface area contributed by atoms with Crippen molar-refractivity contribution in [1.29, 1.82) is 0 Å². The Labute approximate surface area is 182 Å². The van der Waals surface area contributed by atoms with Crippen LogP contribution in [0.3, 0.4) is 0 Å². The Bertz CT molecular complexity index is 1230. The van der Waals surface area contributed by atoms with Gasteiger partial charge in [0.25, 0.3) is 11.8 Å². The van der Waals surface area contributed by atoms with Gasteiger partial charge in [-0.25, -0.2) is 0 Å². The van der Waals surface area contributed by atoms with Crippen LogP contribution < -0.4 is 10.1 Å². The van der Waals surface area contributed by atoms with Gasteiger partial charge in [0, 0.05) is 4.88 Å². The van der Waals surface area contributed by atoms with E-state index >= 15 is 0 Å². The van der Waals surface area contributed by atoms with E-state index in [-0.39, 0.29) is 5.91 Å². The first-order valence-electron chi connectivity index (χ1n) is 9.85. The maximum atomic E-state index is 13.2. The molecule has 0 saturated carbocycles. The molecule has 1 aliphatic heterocycles. The largest absolute Gasteiger partial charge is 0.457 e. The standard InChI is InChI=1S/C23H19N3O4S/c1-14-24-22(30-26-14)20-17-11-12-28-13-19(17)31-23(20)25-21(27)16-9-5-6-10-18(16)29-15-7-3-2-4-8-15/h2-10H,11-13H2,1H3,(H,25,27). The fourth-order valence-electron chi connectivity index (χ4n) is 3.47. The lowest BCUT2D eigenvalue weighted by molar-refractivity contribution is 0.102. The second-order valence-electron chi connectivity index (χ2n) is 7.02. The number of aryl methyl sites for hydroxylation is 1. The van der Waals surface area contributed by atoms with Crippen molar-refractivity contribution in [2.75, 3.05) is 11.9 Å². The van der Waals surface area contributed by atoms with Crippen molar-refractivity contribution in [2.45, 2.75) is 20.0 Å². The van der Waals surface area contributed by atoms with Crippen molar-refractivity contribution in [3.8, 4) is 23.0 Å². The summed E-state index contributed by atoms with van der Waals surface area (Å²) in [7, 11) is 0. The Morgan fingerprint density at radius 2 is 1.94 bits per heavy atom. The third-order valence-corrected chi connectivity index (χ3v) is 6.01. The maximum Gasteiger partial charge on any atom is 0.261 e. The van der Waals surface area contributed by atoms with E-state index in [9.17, 15) is 4.79 Å². The lowest BCUT2D eigenvalue weighted by Crippen LogP contribution is -2.13. The van der Waals surface area contributed by atoms with Gasteiger partial charge in [-0.05, 0) is 43.2 Å². The highest BCUT2D eigenvalue weighted by Crippen LogP contribution is 2.43. The van der Waals surface area contributed by atoms with E-state index in [2.05, 4.69) is 15.5 Å². The summed E-state index contributed by atoms with van der Waals surface area (Å²) in [6, 6.07) is 16.5. The molecule has 8 heteroatoms. The molecule has 31 heavy (non-hydrogen) atoms. The smallest absolute Gasteiger partial charge is 0.261 e. The molecular weight excluding hydrogens is 414 g/mol. The highest BCUT2D eigenvalue weighted by molar-refractivity contribution is 7.17. The summed E-state index contributed by atoms with van der Waals surface area (Å²) in [6.45, 7) is 2.89. The van der Waals surface area contributed by atoms with Crippen molar-refractivity contribution in [3.63, 3.8) is 0 Å². The number of thiophene rings is 1. The first kappa shape index (κ1) is 19.5. The molecular formula is C23H19N3O4S. The van der Waals surface area contributed by atoms with Gasteiger partial charge in [-0.15, -0.1) is 11.3 Å². The van der Waals surface area contributed by atoms with Gasteiger partial charge >= 0.3 is 0 Å².